The quantitative estimate of drug-likeness (QED) is 0.592. The summed E-state index contributed by atoms with van der Waals surface area (Å²) >= 11 is 12.1. The van der Waals surface area contributed by atoms with E-state index in [1.807, 2.05) is 36.4 Å². The number of rotatable bonds is 5. The van der Waals surface area contributed by atoms with Gasteiger partial charge in [-0.3, -0.25) is 4.79 Å². The summed E-state index contributed by atoms with van der Waals surface area (Å²) in [6.45, 7) is 2.60. The highest BCUT2D eigenvalue weighted by molar-refractivity contribution is 6.33. The van der Waals surface area contributed by atoms with Gasteiger partial charge in [-0.05, 0) is 42.5 Å². The van der Waals surface area contributed by atoms with Crippen LogP contribution >= 0.6 is 23.2 Å². The van der Waals surface area contributed by atoms with Crippen molar-refractivity contribution in [3.8, 4) is 17.0 Å². The number of carbonyl (C=O) groups is 1. The minimum Gasteiger partial charge on any atom is -0.484 e. The van der Waals surface area contributed by atoms with Gasteiger partial charge >= 0.3 is 0 Å². The van der Waals surface area contributed by atoms with Crippen LogP contribution in [0.25, 0.3) is 11.3 Å². The lowest BCUT2D eigenvalue weighted by Gasteiger charge is -2.35. The molecule has 3 aromatic rings. The van der Waals surface area contributed by atoms with E-state index in [4.69, 9.17) is 27.9 Å². The maximum Gasteiger partial charge on any atom is 0.260 e. The van der Waals surface area contributed by atoms with E-state index in [9.17, 15) is 4.79 Å². The molecule has 0 aliphatic carbocycles. The second-order valence-electron chi connectivity index (χ2n) is 6.87. The third-order valence-electron chi connectivity index (χ3n) is 4.93. The number of aromatic nitrogens is 2. The maximum absolute atomic E-state index is 12.4. The van der Waals surface area contributed by atoms with Gasteiger partial charge in [0.25, 0.3) is 5.91 Å². The molecule has 1 saturated heterocycles. The lowest BCUT2D eigenvalue weighted by atomic mass is 10.1. The zero-order valence-electron chi connectivity index (χ0n) is 16.2. The number of nitrogens with zero attached hydrogens (tertiary/aromatic N) is 4. The number of amides is 1. The van der Waals surface area contributed by atoms with E-state index < -0.39 is 0 Å². The first-order chi connectivity index (χ1) is 14.6. The fourth-order valence-electron chi connectivity index (χ4n) is 3.26. The van der Waals surface area contributed by atoms with Gasteiger partial charge in [-0.2, -0.15) is 0 Å². The highest BCUT2D eigenvalue weighted by atomic mass is 35.5. The lowest BCUT2D eigenvalue weighted by Crippen LogP contribution is -2.50. The van der Waals surface area contributed by atoms with Gasteiger partial charge in [0.2, 0.25) is 0 Å². The summed E-state index contributed by atoms with van der Waals surface area (Å²) in [5.41, 5.74) is 1.59. The molecule has 1 aliphatic rings. The summed E-state index contributed by atoms with van der Waals surface area (Å²) in [5, 5.41) is 9.95. The third-order valence-corrected chi connectivity index (χ3v) is 5.51. The molecule has 1 aromatic heterocycles. The van der Waals surface area contributed by atoms with Crippen molar-refractivity contribution in [2.75, 3.05) is 37.7 Å². The lowest BCUT2D eigenvalue weighted by molar-refractivity contribution is -0.133. The molecular weight excluding hydrogens is 423 g/mol. The maximum atomic E-state index is 12.4. The van der Waals surface area contributed by atoms with Gasteiger partial charge in [0.1, 0.15) is 5.75 Å². The van der Waals surface area contributed by atoms with Crippen LogP contribution in [-0.4, -0.2) is 53.8 Å². The van der Waals surface area contributed by atoms with Crippen LogP contribution in [0.4, 0.5) is 5.82 Å². The summed E-state index contributed by atoms with van der Waals surface area (Å²) in [6.07, 6.45) is 0. The average Bonchev–Trinajstić information content (AvgIpc) is 2.79. The van der Waals surface area contributed by atoms with Crippen LogP contribution in [0.3, 0.4) is 0 Å². The van der Waals surface area contributed by atoms with E-state index in [-0.39, 0.29) is 12.5 Å². The van der Waals surface area contributed by atoms with Crippen molar-refractivity contribution in [2.24, 2.45) is 0 Å². The first-order valence-corrected chi connectivity index (χ1v) is 10.4. The van der Waals surface area contributed by atoms with Crippen LogP contribution in [0.5, 0.6) is 5.75 Å². The molecule has 0 spiro atoms. The molecule has 0 atom stereocenters. The molecule has 0 N–H and O–H groups in total. The zero-order valence-corrected chi connectivity index (χ0v) is 17.7. The Bertz CT molecular complexity index is 1000. The number of hydrogen-bond acceptors (Lipinski definition) is 5. The molecule has 0 radical (unpaired) electrons. The zero-order chi connectivity index (χ0) is 20.9. The Morgan fingerprint density at radius 1 is 0.900 bits per heavy atom. The van der Waals surface area contributed by atoms with Crippen molar-refractivity contribution in [3.63, 3.8) is 0 Å². The fourth-order valence-corrected chi connectivity index (χ4v) is 3.62. The molecule has 2 heterocycles. The molecule has 0 unspecified atom stereocenters. The summed E-state index contributed by atoms with van der Waals surface area (Å²) in [7, 11) is 0. The van der Waals surface area contributed by atoms with Crippen molar-refractivity contribution >= 4 is 34.9 Å². The standard InChI is InChI=1S/C22H20Cl2N4O2/c23-16-5-7-17(8-6-16)30-15-22(29)28-13-11-27(12-14-28)21-10-9-20(25-26-21)18-3-1-2-4-19(18)24/h1-10H,11-15H2. The highest BCUT2D eigenvalue weighted by Crippen LogP contribution is 2.26. The second kappa shape index (κ2) is 9.32. The van der Waals surface area contributed by atoms with Gasteiger partial charge in [-0.15, -0.1) is 10.2 Å². The smallest absolute Gasteiger partial charge is 0.260 e. The Morgan fingerprint density at radius 2 is 1.63 bits per heavy atom. The van der Waals surface area contributed by atoms with E-state index in [0.29, 0.717) is 42.0 Å². The van der Waals surface area contributed by atoms with Crippen LogP contribution in [0.1, 0.15) is 0 Å². The second-order valence-corrected chi connectivity index (χ2v) is 7.71. The van der Waals surface area contributed by atoms with Gasteiger partial charge in [0.15, 0.2) is 12.4 Å². The van der Waals surface area contributed by atoms with E-state index in [1.54, 1.807) is 29.2 Å². The average molecular weight is 443 g/mol. The Kier molecular flexibility index (Phi) is 6.35. The molecule has 6 nitrogen and oxygen atoms in total. The van der Waals surface area contributed by atoms with E-state index in [1.165, 1.54) is 0 Å². The number of carbonyl (C=O) groups excluding carboxylic acids is 1. The Morgan fingerprint density at radius 3 is 2.30 bits per heavy atom. The van der Waals surface area contributed by atoms with E-state index in [2.05, 4.69) is 15.1 Å². The third kappa shape index (κ3) is 4.83. The minimum atomic E-state index is -0.0373. The van der Waals surface area contributed by atoms with Gasteiger partial charge < -0.3 is 14.5 Å². The van der Waals surface area contributed by atoms with Crippen molar-refractivity contribution in [2.45, 2.75) is 0 Å². The molecule has 1 aliphatic heterocycles. The predicted molar refractivity (Wildman–Crippen MR) is 118 cm³/mol. The molecule has 0 saturated carbocycles. The molecule has 0 bridgehead atoms. The van der Waals surface area contributed by atoms with Crippen molar-refractivity contribution in [3.05, 3.63) is 70.7 Å². The van der Waals surface area contributed by atoms with E-state index in [0.717, 1.165) is 17.1 Å². The Hall–Kier alpha value is -2.83. The highest BCUT2D eigenvalue weighted by Gasteiger charge is 2.22. The van der Waals surface area contributed by atoms with Crippen LogP contribution in [0.15, 0.2) is 60.7 Å². The molecule has 4 rings (SSSR count). The van der Waals surface area contributed by atoms with Gasteiger partial charge in [-0.25, -0.2) is 0 Å². The number of halogens is 2. The van der Waals surface area contributed by atoms with Crippen molar-refractivity contribution in [1.29, 1.82) is 0 Å². The monoisotopic (exact) mass is 442 g/mol. The summed E-state index contributed by atoms with van der Waals surface area (Å²) in [5.74, 6) is 1.38. The Labute approximate surface area is 185 Å². The van der Waals surface area contributed by atoms with Gasteiger partial charge in [0.05, 0.1) is 10.7 Å². The Balaban J connectivity index is 1.30. The molecule has 1 amide bonds. The molecule has 1 fully saturated rings. The number of benzene rings is 2. The summed E-state index contributed by atoms with van der Waals surface area (Å²) < 4.78 is 5.56. The number of hydrogen-bond donors (Lipinski definition) is 0. The first-order valence-electron chi connectivity index (χ1n) is 9.60. The minimum absolute atomic E-state index is 0.00791. The number of anilines is 1. The number of ether oxygens (including phenoxy) is 1. The van der Waals surface area contributed by atoms with Gasteiger partial charge in [0, 0.05) is 36.8 Å². The normalized spacial score (nSPS) is 13.9. The molecule has 2 aromatic carbocycles. The molecule has 8 heteroatoms. The van der Waals surface area contributed by atoms with Crippen molar-refractivity contribution in [1.82, 2.24) is 15.1 Å². The first kappa shape index (κ1) is 20.4. The molecule has 30 heavy (non-hydrogen) atoms. The van der Waals surface area contributed by atoms with Crippen LogP contribution in [-0.2, 0) is 4.79 Å². The molecular formula is C22H20Cl2N4O2. The summed E-state index contributed by atoms with van der Waals surface area (Å²) in [4.78, 5) is 16.4. The number of piperazine rings is 1. The summed E-state index contributed by atoms with van der Waals surface area (Å²) in [6, 6.07) is 18.4. The van der Waals surface area contributed by atoms with Crippen LogP contribution < -0.4 is 9.64 Å². The topological polar surface area (TPSA) is 58.6 Å². The van der Waals surface area contributed by atoms with Crippen LogP contribution in [0.2, 0.25) is 10.0 Å². The van der Waals surface area contributed by atoms with E-state index >= 15 is 0 Å². The van der Waals surface area contributed by atoms with Gasteiger partial charge in [-0.1, -0.05) is 41.4 Å². The molecule has 154 valence electrons. The predicted octanol–water partition coefficient (Wildman–Crippen LogP) is 4.18. The SMILES string of the molecule is O=C(COc1ccc(Cl)cc1)N1CCN(c2ccc(-c3ccccc3Cl)nn2)CC1. The fraction of sp³-hybridized carbons (Fsp3) is 0.227. The largest absolute Gasteiger partial charge is 0.484 e. The van der Waals surface area contributed by atoms with Crippen molar-refractivity contribution < 1.29 is 9.53 Å². The van der Waals surface area contributed by atoms with Crippen LogP contribution in [0, 0.1) is 0 Å².